The van der Waals surface area contributed by atoms with Gasteiger partial charge >= 0.3 is 0 Å². The fourth-order valence-electron chi connectivity index (χ4n) is 1.33. The molecule has 0 amide bonds. The van der Waals surface area contributed by atoms with Crippen LogP contribution in [-0.4, -0.2) is 5.54 Å². The molecule has 0 aromatic heterocycles. The van der Waals surface area contributed by atoms with Crippen LogP contribution in [-0.2, 0) is 0 Å². The summed E-state index contributed by atoms with van der Waals surface area (Å²) in [7, 11) is 0. The SMILES string of the molecule is CC(C)(C)CC(C)(C)[NH-].[Ac]. The second-order valence-corrected chi connectivity index (χ2v) is 4.62. The molecule has 0 aromatic carbocycles. The van der Waals surface area contributed by atoms with Gasteiger partial charge in [-0.1, -0.05) is 41.0 Å². The predicted molar refractivity (Wildman–Crippen MR) is 42.5 cm³/mol. The van der Waals surface area contributed by atoms with Crippen LogP contribution in [0.15, 0.2) is 0 Å². The van der Waals surface area contributed by atoms with Crippen molar-refractivity contribution in [3.05, 3.63) is 5.73 Å². The largest absolute Gasteiger partial charge is 0.672 e. The quantitative estimate of drug-likeness (QED) is 0.690. The van der Waals surface area contributed by atoms with Gasteiger partial charge in [-0.15, -0.1) is 5.54 Å². The van der Waals surface area contributed by atoms with Gasteiger partial charge in [-0.3, -0.25) is 0 Å². The first-order valence-corrected chi connectivity index (χ1v) is 3.46. The average Bonchev–Trinajstić information content (AvgIpc) is 1.14. The molecule has 0 fully saturated rings. The smallest absolute Gasteiger partial charge is 0 e. The van der Waals surface area contributed by atoms with E-state index in [-0.39, 0.29) is 49.6 Å². The van der Waals surface area contributed by atoms with Crippen molar-refractivity contribution in [2.75, 3.05) is 0 Å². The van der Waals surface area contributed by atoms with Crippen molar-refractivity contribution < 1.29 is 44.1 Å². The first kappa shape index (κ1) is 14.0. The second kappa shape index (κ2) is 4.43. The van der Waals surface area contributed by atoms with Crippen LogP contribution in [0.2, 0.25) is 0 Å². The Morgan fingerprint density at radius 2 is 1.30 bits per heavy atom. The monoisotopic (exact) mass is 355 g/mol. The van der Waals surface area contributed by atoms with Crippen LogP contribution in [0.1, 0.15) is 41.0 Å². The van der Waals surface area contributed by atoms with Gasteiger partial charge in [-0.25, -0.2) is 0 Å². The zero-order valence-electron chi connectivity index (χ0n) is 7.78. The molecule has 0 atom stereocenters. The molecule has 1 N–H and O–H groups in total. The van der Waals surface area contributed by atoms with E-state index < -0.39 is 0 Å². The van der Waals surface area contributed by atoms with Crippen LogP contribution in [0, 0.1) is 49.5 Å². The Balaban J connectivity index is 0. The minimum absolute atomic E-state index is 0. The standard InChI is InChI=1S/C8H18N.Ac/c1-7(2,3)6-8(4,5)9;/h9H,6H2,1-5H3;/q-1;. The third kappa shape index (κ3) is 12.1. The topological polar surface area (TPSA) is 23.8 Å². The van der Waals surface area contributed by atoms with Crippen LogP contribution in [0.25, 0.3) is 5.73 Å². The van der Waals surface area contributed by atoms with E-state index in [1.807, 2.05) is 13.8 Å². The molecule has 0 aromatic rings. The Kier molecular flexibility index (Phi) is 6.19. The maximum atomic E-state index is 7.59. The summed E-state index contributed by atoms with van der Waals surface area (Å²) < 4.78 is 0. The predicted octanol–water partition coefficient (Wildman–Crippen LogP) is 3.25. The minimum Gasteiger partial charge on any atom is -0.672 e. The summed E-state index contributed by atoms with van der Waals surface area (Å²) in [6, 6.07) is 0. The van der Waals surface area contributed by atoms with Crippen molar-refractivity contribution in [2.45, 2.75) is 46.6 Å². The maximum absolute atomic E-state index is 7.59. The third-order valence-electron chi connectivity index (χ3n) is 0.972. The van der Waals surface area contributed by atoms with E-state index in [1.54, 1.807) is 0 Å². The molecule has 10 heavy (non-hydrogen) atoms. The average molecular weight is 355 g/mol. The van der Waals surface area contributed by atoms with Gasteiger partial charge in [0.2, 0.25) is 0 Å². The Labute approximate surface area is 101 Å². The summed E-state index contributed by atoms with van der Waals surface area (Å²) in [6.07, 6.45) is 0.958. The Bertz CT molecular complexity index is 74.4. The maximum Gasteiger partial charge on any atom is 0 e. The normalized spacial score (nSPS) is 12.6. The fourth-order valence-corrected chi connectivity index (χ4v) is 1.33. The van der Waals surface area contributed by atoms with Crippen molar-refractivity contribution in [3.63, 3.8) is 0 Å². The zero-order chi connectivity index (χ0) is 7.71. The first-order valence-electron chi connectivity index (χ1n) is 3.46. The summed E-state index contributed by atoms with van der Waals surface area (Å²) in [5.74, 6) is 0. The molecule has 59 valence electrons. The summed E-state index contributed by atoms with van der Waals surface area (Å²) in [6.45, 7) is 10.4. The van der Waals surface area contributed by atoms with Crippen LogP contribution in [0.3, 0.4) is 0 Å². The Morgan fingerprint density at radius 3 is 1.30 bits per heavy atom. The third-order valence-corrected chi connectivity index (χ3v) is 0.972. The van der Waals surface area contributed by atoms with Gasteiger partial charge in [0, 0.05) is 44.1 Å². The van der Waals surface area contributed by atoms with Gasteiger partial charge in [0.05, 0.1) is 0 Å². The van der Waals surface area contributed by atoms with Crippen molar-refractivity contribution in [3.8, 4) is 0 Å². The van der Waals surface area contributed by atoms with Gasteiger partial charge < -0.3 is 5.73 Å². The van der Waals surface area contributed by atoms with E-state index in [9.17, 15) is 0 Å². The number of rotatable bonds is 1. The van der Waals surface area contributed by atoms with Crippen LogP contribution in [0.4, 0.5) is 0 Å². The molecule has 0 saturated carbocycles. The molecule has 0 aliphatic carbocycles. The molecule has 0 rings (SSSR count). The second-order valence-electron chi connectivity index (χ2n) is 4.62. The molecular weight excluding hydrogens is 337 g/mol. The molecule has 0 saturated heterocycles. The van der Waals surface area contributed by atoms with Gasteiger partial charge in [0.25, 0.3) is 0 Å². The number of nitrogens with one attached hydrogen (secondary N) is 1. The molecule has 0 unspecified atom stereocenters. The molecule has 0 heterocycles. The molecule has 1 nitrogen and oxygen atoms in total. The van der Waals surface area contributed by atoms with Crippen molar-refractivity contribution >= 4 is 0 Å². The van der Waals surface area contributed by atoms with E-state index in [0.717, 1.165) is 6.42 Å². The Hall–Kier alpha value is 1.40. The van der Waals surface area contributed by atoms with E-state index in [2.05, 4.69) is 20.8 Å². The molecule has 1 radical (unpaired) electrons. The zero-order valence-corrected chi connectivity index (χ0v) is 12.5. The van der Waals surface area contributed by atoms with Crippen molar-refractivity contribution in [2.24, 2.45) is 5.41 Å². The van der Waals surface area contributed by atoms with Gasteiger partial charge in [-0.2, -0.15) is 0 Å². The molecule has 2 heteroatoms. The van der Waals surface area contributed by atoms with Crippen LogP contribution < -0.4 is 0 Å². The van der Waals surface area contributed by atoms with E-state index in [0.29, 0.717) is 5.41 Å². The molecule has 0 spiro atoms. The fraction of sp³-hybridized carbons (Fsp3) is 1.00. The van der Waals surface area contributed by atoms with Crippen LogP contribution in [0.5, 0.6) is 0 Å². The summed E-state index contributed by atoms with van der Waals surface area (Å²) in [4.78, 5) is 0. The summed E-state index contributed by atoms with van der Waals surface area (Å²) in [5.41, 5.74) is 7.62. The number of hydrogen-bond donors (Lipinski definition) is 0. The van der Waals surface area contributed by atoms with E-state index in [4.69, 9.17) is 5.73 Å². The van der Waals surface area contributed by atoms with Gasteiger partial charge in [0.15, 0.2) is 0 Å². The van der Waals surface area contributed by atoms with E-state index in [1.165, 1.54) is 0 Å². The molecule has 0 aliphatic rings. The number of hydrogen-bond acceptors (Lipinski definition) is 0. The van der Waals surface area contributed by atoms with Gasteiger partial charge in [-0.05, 0) is 5.41 Å². The van der Waals surface area contributed by atoms with Gasteiger partial charge in [0.1, 0.15) is 0 Å². The van der Waals surface area contributed by atoms with Crippen molar-refractivity contribution in [1.82, 2.24) is 0 Å². The Morgan fingerprint density at radius 1 is 1.00 bits per heavy atom. The summed E-state index contributed by atoms with van der Waals surface area (Å²) in [5, 5.41) is 0. The van der Waals surface area contributed by atoms with Crippen LogP contribution >= 0.6 is 0 Å². The summed E-state index contributed by atoms with van der Waals surface area (Å²) >= 11 is 0. The van der Waals surface area contributed by atoms with E-state index >= 15 is 0 Å². The molecule has 0 aliphatic heterocycles. The minimum atomic E-state index is -0.266. The first-order chi connectivity index (χ1) is 3.71. The van der Waals surface area contributed by atoms with Crippen molar-refractivity contribution in [1.29, 1.82) is 0 Å². The molecule has 0 bridgehead atoms. The molecular formula is C8H18AcN-.